The number of nitrogens with zero attached hydrogens (tertiary/aromatic N) is 3. The van der Waals surface area contributed by atoms with Crippen molar-refractivity contribution in [1.82, 2.24) is 10.1 Å². The largest absolute Gasteiger partial charge is 0.423 e. The van der Waals surface area contributed by atoms with E-state index < -0.39 is 22.4 Å². The van der Waals surface area contributed by atoms with Crippen molar-refractivity contribution in [2.75, 3.05) is 11.9 Å². The average Bonchev–Trinajstić information content (AvgIpc) is 2.90. The zero-order valence-electron chi connectivity index (χ0n) is 10.4. The molecule has 0 amide bonds. The van der Waals surface area contributed by atoms with Crippen LogP contribution in [0.15, 0.2) is 29.0 Å². The van der Waals surface area contributed by atoms with Gasteiger partial charge in [0.15, 0.2) is 6.33 Å². The highest BCUT2D eigenvalue weighted by Gasteiger charge is 2.38. The molecule has 0 atom stereocenters. The summed E-state index contributed by atoms with van der Waals surface area (Å²) in [5.74, 6) is 0.334. The minimum absolute atomic E-state index is 0.118. The number of alkyl halides is 3. The monoisotopic (exact) mass is 302 g/mol. The van der Waals surface area contributed by atoms with E-state index in [2.05, 4.69) is 15.5 Å². The molecule has 1 heterocycles. The molecule has 112 valence electrons. The number of nitro benzene ring substituents is 1. The lowest BCUT2D eigenvalue weighted by atomic mass is 10.1. The smallest absolute Gasteiger partial charge is 0.385 e. The number of nitrogens with one attached hydrogen (secondary N) is 1. The summed E-state index contributed by atoms with van der Waals surface area (Å²) in [6, 6.07) is 2.73. The highest BCUT2D eigenvalue weighted by atomic mass is 19.4. The maximum Gasteiger partial charge on any atom is 0.423 e. The van der Waals surface area contributed by atoms with Crippen LogP contribution in [-0.2, 0) is 12.6 Å². The molecule has 10 heteroatoms. The van der Waals surface area contributed by atoms with Crippen LogP contribution in [0.2, 0.25) is 0 Å². The summed E-state index contributed by atoms with van der Waals surface area (Å²) in [5, 5.41) is 16.7. The fraction of sp³-hybridized carbons (Fsp3) is 0.273. The van der Waals surface area contributed by atoms with E-state index in [-0.39, 0.29) is 12.2 Å². The van der Waals surface area contributed by atoms with Gasteiger partial charge in [-0.3, -0.25) is 10.1 Å². The third-order valence-electron chi connectivity index (χ3n) is 2.57. The topological polar surface area (TPSA) is 94.1 Å². The normalized spacial score (nSPS) is 11.4. The van der Waals surface area contributed by atoms with Gasteiger partial charge in [0.05, 0.1) is 4.92 Å². The predicted molar refractivity (Wildman–Crippen MR) is 64.6 cm³/mol. The molecule has 2 rings (SSSR count). The second-order valence-electron chi connectivity index (χ2n) is 4.00. The van der Waals surface area contributed by atoms with Crippen LogP contribution >= 0.6 is 0 Å². The minimum Gasteiger partial charge on any atom is -0.385 e. The van der Waals surface area contributed by atoms with Gasteiger partial charge < -0.3 is 9.84 Å². The molecule has 2 aromatic rings. The molecule has 0 spiro atoms. The van der Waals surface area contributed by atoms with Crippen LogP contribution in [0.25, 0.3) is 0 Å². The van der Waals surface area contributed by atoms with Crippen LogP contribution in [0.5, 0.6) is 0 Å². The number of nitro groups is 1. The molecule has 0 fully saturated rings. The van der Waals surface area contributed by atoms with Gasteiger partial charge in [-0.05, 0) is 12.1 Å². The summed E-state index contributed by atoms with van der Waals surface area (Å²) in [6.45, 7) is 0.247. The average molecular weight is 302 g/mol. The third kappa shape index (κ3) is 3.68. The van der Waals surface area contributed by atoms with E-state index in [1.54, 1.807) is 0 Å². The summed E-state index contributed by atoms with van der Waals surface area (Å²) in [4.78, 5) is 13.3. The maximum absolute atomic E-state index is 12.8. The number of hydrogen-bond acceptors (Lipinski definition) is 6. The lowest BCUT2D eigenvalue weighted by molar-refractivity contribution is -0.388. The Bertz CT molecular complexity index is 628. The summed E-state index contributed by atoms with van der Waals surface area (Å²) >= 11 is 0. The van der Waals surface area contributed by atoms with E-state index in [0.29, 0.717) is 18.4 Å². The lowest BCUT2D eigenvalue weighted by Gasteiger charge is -2.10. The standard InChI is InChI=1S/C11H9F3N4O3/c12-11(13,14)8-5-7(1-2-9(8)18(19)20)15-4-3-10-16-6-17-21-10/h1-2,5-6,15H,3-4H2. The lowest BCUT2D eigenvalue weighted by Crippen LogP contribution is -2.11. The van der Waals surface area contributed by atoms with Gasteiger partial charge in [-0.2, -0.15) is 18.2 Å². The van der Waals surface area contributed by atoms with Crippen LogP contribution in [0.4, 0.5) is 24.5 Å². The fourth-order valence-electron chi connectivity index (χ4n) is 1.65. The van der Waals surface area contributed by atoms with Crippen molar-refractivity contribution in [3.63, 3.8) is 0 Å². The van der Waals surface area contributed by atoms with Crippen LogP contribution in [0.3, 0.4) is 0 Å². The molecule has 21 heavy (non-hydrogen) atoms. The van der Waals surface area contributed by atoms with Gasteiger partial charge >= 0.3 is 6.18 Å². The molecule has 0 saturated heterocycles. The molecule has 1 aromatic carbocycles. The van der Waals surface area contributed by atoms with Crippen molar-refractivity contribution >= 4 is 11.4 Å². The highest BCUT2D eigenvalue weighted by molar-refractivity contribution is 5.55. The van der Waals surface area contributed by atoms with Crippen molar-refractivity contribution in [2.24, 2.45) is 0 Å². The molecule has 0 aliphatic carbocycles. The maximum atomic E-state index is 12.8. The second kappa shape index (κ2) is 5.77. The first-order valence-electron chi connectivity index (χ1n) is 5.73. The SMILES string of the molecule is O=[N+]([O-])c1ccc(NCCc2ncno2)cc1C(F)(F)F. The van der Waals surface area contributed by atoms with E-state index in [1.807, 2.05) is 0 Å². The van der Waals surface area contributed by atoms with Gasteiger partial charge in [0.1, 0.15) is 5.56 Å². The molecular weight excluding hydrogens is 293 g/mol. The highest BCUT2D eigenvalue weighted by Crippen LogP contribution is 2.37. The van der Waals surface area contributed by atoms with Gasteiger partial charge in [0.2, 0.25) is 5.89 Å². The van der Waals surface area contributed by atoms with Crippen LogP contribution < -0.4 is 5.32 Å². The molecule has 0 bridgehead atoms. The number of halogens is 3. The van der Waals surface area contributed by atoms with Gasteiger partial charge in [-0.1, -0.05) is 5.16 Å². The molecule has 0 aliphatic rings. The van der Waals surface area contributed by atoms with Gasteiger partial charge in [-0.25, -0.2) is 0 Å². The molecule has 0 unspecified atom stereocenters. The predicted octanol–water partition coefficient (Wildman–Crippen LogP) is 2.65. The minimum atomic E-state index is -4.80. The van der Waals surface area contributed by atoms with E-state index in [0.717, 1.165) is 6.07 Å². The summed E-state index contributed by atoms with van der Waals surface area (Å²) in [7, 11) is 0. The van der Waals surface area contributed by atoms with Crippen LogP contribution in [-0.4, -0.2) is 21.6 Å². The van der Waals surface area contributed by atoms with E-state index in [4.69, 9.17) is 4.52 Å². The summed E-state index contributed by atoms with van der Waals surface area (Å²) in [6.07, 6.45) is -3.27. The Morgan fingerprint density at radius 3 is 2.71 bits per heavy atom. The molecule has 0 radical (unpaired) electrons. The Hall–Kier alpha value is -2.65. The number of rotatable bonds is 5. The number of hydrogen-bond donors (Lipinski definition) is 1. The van der Waals surface area contributed by atoms with Gasteiger partial charge in [0, 0.05) is 24.7 Å². The van der Waals surface area contributed by atoms with E-state index >= 15 is 0 Å². The Balaban J connectivity index is 2.12. The Labute approximate surface area is 115 Å². The summed E-state index contributed by atoms with van der Waals surface area (Å²) < 4.78 is 43.0. The fourth-order valence-corrected chi connectivity index (χ4v) is 1.65. The van der Waals surface area contributed by atoms with Crippen molar-refractivity contribution in [3.05, 3.63) is 46.1 Å². The molecule has 1 aromatic heterocycles. The first-order chi connectivity index (χ1) is 9.88. The third-order valence-corrected chi connectivity index (χ3v) is 2.57. The number of anilines is 1. The molecule has 7 nitrogen and oxygen atoms in total. The molecule has 0 aliphatic heterocycles. The zero-order valence-corrected chi connectivity index (χ0v) is 10.4. The zero-order chi connectivity index (χ0) is 15.5. The summed E-state index contributed by atoms with van der Waals surface area (Å²) in [5.41, 5.74) is -2.16. The van der Waals surface area contributed by atoms with Crippen LogP contribution in [0, 0.1) is 10.1 Å². The van der Waals surface area contributed by atoms with E-state index in [1.165, 1.54) is 12.4 Å². The first kappa shape index (κ1) is 14.8. The second-order valence-corrected chi connectivity index (χ2v) is 4.00. The molecule has 1 N–H and O–H groups in total. The Morgan fingerprint density at radius 2 is 2.14 bits per heavy atom. The van der Waals surface area contributed by atoms with Crippen molar-refractivity contribution in [3.8, 4) is 0 Å². The Morgan fingerprint density at radius 1 is 1.38 bits per heavy atom. The Kier molecular flexibility index (Phi) is 4.05. The molecule has 0 saturated carbocycles. The van der Waals surface area contributed by atoms with E-state index in [9.17, 15) is 23.3 Å². The number of benzene rings is 1. The van der Waals surface area contributed by atoms with Gasteiger partial charge in [-0.15, -0.1) is 0 Å². The van der Waals surface area contributed by atoms with Gasteiger partial charge in [0.25, 0.3) is 5.69 Å². The van der Waals surface area contributed by atoms with Crippen molar-refractivity contribution in [2.45, 2.75) is 12.6 Å². The van der Waals surface area contributed by atoms with Crippen LogP contribution in [0.1, 0.15) is 11.5 Å². The molecular formula is C11H9F3N4O3. The quantitative estimate of drug-likeness (QED) is 0.674. The number of aromatic nitrogens is 2. The van der Waals surface area contributed by atoms with Crippen molar-refractivity contribution < 1.29 is 22.6 Å². The van der Waals surface area contributed by atoms with Crippen molar-refractivity contribution in [1.29, 1.82) is 0 Å². The first-order valence-corrected chi connectivity index (χ1v) is 5.73.